The first-order valence-corrected chi connectivity index (χ1v) is 7.19. The van der Waals surface area contributed by atoms with E-state index in [2.05, 4.69) is 31.8 Å². The van der Waals surface area contributed by atoms with Crippen LogP contribution in [0, 0.1) is 0 Å². The predicted octanol–water partition coefficient (Wildman–Crippen LogP) is 2.64. The Morgan fingerprint density at radius 1 is 1.45 bits per heavy atom. The van der Waals surface area contributed by atoms with Crippen molar-refractivity contribution in [2.45, 2.75) is 19.4 Å². The fraction of sp³-hybridized carbons (Fsp3) is 0.188. The number of hydrogen-bond acceptors (Lipinski definition) is 3. The van der Waals surface area contributed by atoms with E-state index in [1.54, 1.807) is 30.9 Å². The van der Waals surface area contributed by atoms with Crippen LogP contribution < -0.4 is 5.32 Å². The average Bonchev–Trinajstić information content (AvgIpc) is 3.14. The SMILES string of the molecule is C[C@@H]1Cc2[nH]cc(C(=O)Nc3cccnc3)c2-c2nccn21. The first kappa shape index (κ1) is 12.8. The number of carbonyl (C=O) groups is 1. The van der Waals surface area contributed by atoms with Crippen molar-refractivity contribution in [1.29, 1.82) is 0 Å². The average molecular weight is 293 g/mol. The third-order valence-corrected chi connectivity index (χ3v) is 3.99. The van der Waals surface area contributed by atoms with E-state index >= 15 is 0 Å². The number of pyridine rings is 1. The molecule has 0 aliphatic carbocycles. The largest absolute Gasteiger partial charge is 0.364 e. The molecule has 3 aromatic heterocycles. The van der Waals surface area contributed by atoms with E-state index in [0.29, 0.717) is 17.3 Å². The molecule has 0 bridgehead atoms. The van der Waals surface area contributed by atoms with Crippen LogP contribution in [-0.4, -0.2) is 25.4 Å². The molecule has 0 unspecified atom stereocenters. The Bertz CT molecular complexity index is 833. The summed E-state index contributed by atoms with van der Waals surface area (Å²) in [5.74, 6) is 0.681. The molecule has 110 valence electrons. The highest BCUT2D eigenvalue weighted by molar-refractivity contribution is 6.08. The lowest BCUT2D eigenvalue weighted by atomic mass is 10.0. The molecule has 0 radical (unpaired) electrons. The monoisotopic (exact) mass is 293 g/mol. The molecule has 4 rings (SSSR count). The topological polar surface area (TPSA) is 75.6 Å². The molecule has 0 aromatic carbocycles. The van der Waals surface area contributed by atoms with Crippen molar-refractivity contribution in [3.63, 3.8) is 0 Å². The van der Waals surface area contributed by atoms with Gasteiger partial charge in [-0.1, -0.05) is 0 Å². The van der Waals surface area contributed by atoms with E-state index in [1.165, 1.54) is 0 Å². The summed E-state index contributed by atoms with van der Waals surface area (Å²) in [6, 6.07) is 3.93. The van der Waals surface area contributed by atoms with Gasteiger partial charge in [0.15, 0.2) is 0 Å². The first-order valence-electron chi connectivity index (χ1n) is 7.19. The van der Waals surface area contributed by atoms with Crippen LogP contribution >= 0.6 is 0 Å². The Labute approximate surface area is 127 Å². The Balaban J connectivity index is 1.73. The van der Waals surface area contributed by atoms with Gasteiger partial charge in [0.05, 0.1) is 23.0 Å². The third-order valence-electron chi connectivity index (χ3n) is 3.99. The second kappa shape index (κ2) is 4.84. The summed E-state index contributed by atoms with van der Waals surface area (Å²) >= 11 is 0. The maximum Gasteiger partial charge on any atom is 0.258 e. The van der Waals surface area contributed by atoms with Gasteiger partial charge in [-0.25, -0.2) is 4.98 Å². The van der Waals surface area contributed by atoms with Crippen LogP contribution in [0.3, 0.4) is 0 Å². The lowest BCUT2D eigenvalue weighted by Gasteiger charge is -2.22. The molecule has 1 aliphatic rings. The number of hydrogen-bond donors (Lipinski definition) is 2. The number of anilines is 1. The van der Waals surface area contributed by atoms with Gasteiger partial charge < -0.3 is 14.9 Å². The highest BCUT2D eigenvalue weighted by Gasteiger charge is 2.28. The van der Waals surface area contributed by atoms with Crippen molar-refractivity contribution in [3.8, 4) is 11.4 Å². The van der Waals surface area contributed by atoms with Gasteiger partial charge in [-0.15, -0.1) is 0 Å². The van der Waals surface area contributed by atoms with Crippen LogP contribution in [0.15, 0.2) is 43.1 Å². The quantitative estimate of drug-likeness (QED) is 0.762. The number of aromatic nitrogens is 4. The minimum absolute atomic E-state index is 0.158. The predicted molar refractivity (Wildman–Crippen MR) is 82.6 cm³/mol. The number of H-pyrrole nitrogens is 1. The number of carbonyl (C=O) groups excluding carboxylic acids is 1. The molecule has 6 nitrogen and oxygen atoms in total. The fourth-order valence-corrected chi connectivity index (χ4v) is 2.95. The second-order valence-corrected chi connectivity index (χ2v) is 5.46. The Hall–Kier alpha value is -2.89. The normalized spacial score (nSPS) is 16.0. The lowest BCUT2D eigenvalue weighted by molar-refractivity contribution is 0.102. The minimum atomic E-state index is -0.158. The number of rotatable bonds is 2. The summed E-state index contributed by atoms with van der Waals surface area (Å²) in [5.41, 5.74) is 3.24. The summed E-state index contributed by atoms with van der Waals surface area (Å²) in [6.07, 6.45) is 9.65. The van der Waals surface area contributed by atoms with Crippen LogP contribution in [0.2, 0.25) is 0 Å². The standard InChI is InChI=1S/C16H15N5O/c1-10-7-13-14(15-18-5-6-21(10)15)12(9-19-13)16(22)20-11-3-2-4-17-8-11/h2-6,8-10,19H,7H2,1H3,(H,20,22)/t10-/m1/s1. The molecular formula is C16H15N5O. The number of aromatic amines is 1. The van der Waals surface area contributed by atoms with Crippen LogP contribution in [0.4, 0.5) is 5.69 Å². The number of fused-ring (bicyclic) bond motifs is 3. The molecule has 0 saturated heterocycles. The van der Waals surface area contributed by atoms with Gasteiger partial charge in [-0.3, -0.25) is 9.78 Å². The molecule has 0 fully saturated rings. The van der Waals surface area contributed by atoms with Crippen LogP contribution in [0.25, 0.3) is 11.4 Å². The summed E-state index contributed by atoms with van der Waals surface area (Å²) in [7, 11) is 0. The van der Waals surface area contributed by atoms with E-state index in [-0.39, 0.29) is 5.91 Å². The molecule has 1 atom stereocenters. The van der Waals surface area contributed by atoms with Crippen molar-refractivity contribution in [2.24, 2.45) is 0 Å². The van der Waals surface area contributed by atoms with Crippen molar-refractivity contribution < 1.29 is 4.79 Å². The molecule has 1 aliphatic heterocycles. The summed E-state index contributed by atoms with van der Waals surface area (Å²) in [5, 5.41) is 2.87. The number of imidazole rings is 1. The first-order chi connectivity index (χ1) is 10.7. The highest BCUT2D eigenvalue weighted by Crippen LogP contribution is 2.35. The van der Waals surface area contributed by atoms with E-state index in [4.69, 9.17) is 0 Å². The van der Waals surface area contributed by atoms with Gasteiger partial charge in [0.1, 0.15) is 5.82 Å². The van der Waals surface area contributed by atoms with Crippen molar-refractivity contribution >= 4 is 11.6 Å². The van der Waals surface area contributed by atoms with Gasteiger partial charge in [-0.2, -0.15) is 0 Å². The minimum Gasteiger partial charge on any atom is -0.364 e. The number of nitrogens with zero attached hydrogens (tertiary/aromatic N) is 3. The molecule has 3 aromatic rings. The smallest absolute Gasteiger partial charge is 0.258 e. The molecule has 0 spiro atoms. The number of nitrogens with one attached hydrogen (secondary N) is 2. The third kappa shape index (κ3) is 1.92. The van der Waals surface area contributed by atoms with E-state index in [9.17, 15) is 4.79 Å². The zero-order valence-corrected chi connectivity index (χ0v) is 12.1. The second-order valence-electron chi connectivity index (χ2n) is 5.46. The van der Waals surface area contributed by atoms with Crippen LogP contribution in [-0.2, 0) is 6.42 Å². The fourth-order valence-electron chi connectivity index (χ4n) is 2.95. The summed E-state index contributed by atoms with van der Waals surface area (Å²) in [6.45, 7) is 2.14. The number of amides is 1. The van der Waals surface area contributed by atoms with Gasteiger partial charge in [-0.05, 0) is 19.1 Å². The van der Waals surface area contributed by atoms with Crippen molar-refractivity contribution in [1.82, 2.24) is 19.5 Å². The van der Waals surface area contributed by atoms with Crippen LogP contribution in [0.1, 0.15) is 29.0 Å². The molecule has 6 heteroatoms. The molecule has 1 amide bonds. The van der Waals surface area contributed by atoms with Gasteiger partial charge >= 0.3 is 0 Å². The van der Waals surface area contributed by atoms with Gasteiger partial charge in [0.25, 0.3) is 5.91 Å². The maximum atomic E-state index is 12.6. The molecule has 2 N–H and O–H groups in total. The Kier molecular flexibility index (Phi) is 2.82. The van der Waals surface area contributed by atoms with Crippen LogP contribution in [0.5, 0.6) is 0 Å². The molecular weight excluding hydrogens is 278 g/mol. The lowest BCUT2D eigenvalue weighted by Crippen LogP contribution is -2.18. The Morgan fingerprint density at radius 2 is 2.36 bits per heavy atom. The summed E-state index contributed by atoms with van der Waals surface area (Å²) in [4.78, 5) is 24.2. The van der Waals surface area contributed by atoms with E-state index in [0.717, 1.165) is 23.5 Å². The maximum absolute atomic E-state index is 12.6. The Morgan fingerprint density at radius 3 is 3.18 bits per heavy atom. The van der Waals surface area contributed by atoms with Gasteiger partial charge in [0, 0.05) is 42.9 Å². The van der Waals surface area contributed by atoms with E-state index in [1.807, 2.05) is 12.3 Å². The molecule has 4 heterocycles. The van der Waals surface area contributed by atoms with Gasteiger partial charge in [0.2, 0.25) is 0 Å². The zero-order chi connectivity index (χ0) is 15.1. The zero-order valence-electron chi connectivity index (χ0n) is 12.1. The van der Waals surface area contributed by atoms with Crippen molar-refractivity contribution in [3.05, 3.63) is 54.4 Å². The molecule has 0 saturated carbocycles. The van der Waals surface area contributed by atoms with E-state index < -0.39 is 0 Å². The molecule has 22 heavy (non-hydrogen) atoms. The highest BCUT2D eigenvalue weighted by atomic mass is 16.1. The summed E-state index contributed by atoms with van der Waals surface area (Å²) < 4.78 is 2.11. The van der Waals surface area contributed by atoms with Crippen molar-refractivity contribution in [2.75, 3.05) is 5.32 Å².